The molecule has 2 aromatic carbocycles. The lowest BCUT2D eigenvalue weighted by Crippen LogP contribution is -2.55. The van der Waals surface area contributed by atoms with Gasteiger partial charge in [0.2, 0.25) is 21.8 Å². The highest BCUT2D eigenvalue weighted by molar-refractivity contribution is 7.89. The van der Waals surface area contributed by atoms with Gasteiger partial charge in [0.1, 0.15) is 6.04 Å². The Labute approximate surface area is 229 Å². The van der Waals surface area contributed by atoms with Crippen molar-refractivity contribution in [2.45, 2.75) is 42.7 Å². The van der Waals surface area contributed by atoms with Crippen LogP contribution in [0, 0.1) is 0 Å². The smallest absolute Gasteiger partial charge is 0.242 e. The van der Waals surface area contributed by atoms with Crippen LogP contribution in [0.1, 0.15) is 25.7 Å². The van der Waals surface area contributed by atoms with E-state index < -0.39 is 16.1 Å². The number of halogens is 1. The van der Waals surface area contributed by atoms with Gasteiger partial charge in [-0.25, -0.2) is 8.42 Å². The monoisotopic (exact) mass is 561 g/mol. The van der Waals surface area contributed by atoms with Crippen LogP contribution in [0.25, 0.3) is 10.8 Å². The fourth-order valence-electron chi connectivity index (χ4n) is 5.76. The number of likely N-dealkylation sites (tertiary alicyclic amines) is 2. The van der Waals surface area contributed by atoms with E-state index in [1.807, 2.05) is 11.0 Å². The van der Waals surface area contributed by atoms with Gasteiger partial charge in [-0.15, -0.1) is 0 Å². The van der Waals surface area contributed by atoms with E-state index in [2.05, 4.69) is 21.6 Å². The summed E-state index contributed by atoms with van der Waals surface area (Å²) in [5.74, 6) is -0.392. The molecule has 5 rings (SSSR count). The molecule has 2 atom stereocenters. The van der Waals surface area contributed by atoms with Crippen LogP contribution in [0.2, 0.25) is 5.02 Å². The number of hydrogen-bond donors (Lipinski definition) is 1. The van der Waals surface area contributed by atoms with Crippen LogP contribution in [0.5, 0.6) is 0 Å². The third-order valence-corrected chi connectivity index (χ3v) is 9.70. The van der Waals surface area contributed by atoms with E-state index in [0.29, 0.717) is 36.3 Å². The minimum absolute atomic E-state index is 0.00915. The number of likely N-dealkylation sites (N-methyl/N-ethyl adjacent to an activating group) is 1. The molecule has 3 heterocycles. The van der Waals surface area contributed by atoms with Crippen LogP contribution in [0.4, 0.5) is 0 Å². The quantitative estimate of drug-likeness (QED) is 0.556. The summed E-state index contributed by atoms with van der Waals surface area (Å²) in [6.07, 6.45) is 2.98. The maximum absolute atomic E-state index is 13.3. The molecular formula is C27H36ClN5O4S. The molecule has 3 aliphatic heterocycles. The summed E-state index contributed by atoms with van der Waals surface area (Å²) < 4.78 is 28.9. The highest BCUT2D eigenvalue weighted by atomic mass is 35.5. The van der Waals surface area contributed by atoms with Crippen molar-refractivity contribution in [2.24, 2.45) is 0 Å². The molecule has 1 N–H and O–H groups in total. The highest BCUT2D eigenvalue weighted by Crippen LogP contribution is 2.24. The van der Waals surface area contributed by atoms with Gasteiger partial charge in [0.15, 0.2) is 0 Å². The van der Waals surface area contributed by atoms with Crippen LogP contribution < -0.4 is 4.72 Å². The van der Waals surface area contributed by atoms with Crippen molar-refractivity contribution in [3.05, 3.63) is 41.4 Å². The summed E-state index contributed by atoms with van der Waals surface area (Å²) in [5, 5.41) is 2.10. The molecule has 3 saturated heterocycles. The maximum atomic E-state index is 13.3. The van der Waals surface area contributed by atoms with E-state index in [-0.39, 0.29) is 29.3 Å². The molecule has 0 radical (unpaired) electrons. The lowest BCUT2D eigenvalue weighted by molar-refractivity contribution is -0.143. The van der Waals surface area contributed by atoms with Gasteiger partial charge in [-0.05, 0) is 67.8 Å². The average molecular weight is 562 g/mol. The number of fused-ring (bicyclic) bond motifs is 1. The molecule has 206 valence electrons. The number of nitrogens with one attached hydrogen (secondary N) is 1. The highest BCUT2D eigenvalue weighted by Gasteiger charge is 2.36. The second-order valence-electron chi connectivity index (χ2n) is 10.7. The first-order valence-corrected chi connectivity index (χ1v) is 15.3. The zero-order valence-corrected chi connectivity index (χ0v) is 23.4. The molecule has 9 nitrogen and oxygen atoms in total. The Bertz CT molecular complexity index is 1300. The van der Waals surface area contributed by atoms with Crippen molar-refractivity contribution in [1.82, 2.24) is 24.3 Å². The summed E-state index contributed by atoms with van der Waals surface area (Å²) in [4.78, 5) is 34.8. The Morgan fingerprint density at radius 2 is 1.71 bits per heavy atom. The van der Waals surface area contributed by atoms with Crippen LogP contribution in [-0.2, 0) is 19.6 Å². The number of amides is 2. The van der Waals surface area contributed by atoms with Gasteiger partial charge in [0, 0.05) is 56.9 Å². The molecule has 0 aliphatic carbocycles. The first-order valence-electron chi connectivity index (χ1n) is 13.4. The van der Waals surface area contributed by atoms with E-state index in [1.54, 1.807) is 24.3 Å². The molecule has 0 unspecified atom stereocenters. The normalized spacial score (nSPS) is 23.9. The number of sulfonamides is 1. The second-order valence-corrected chi connectivity index (χ2v) is 12.9. The minimum Gasteiger partial charge on any atom is -0.337 e. The van der Waals surface area contributed by atoms with Crippen molar-refractivity contribution in [1.29, 1.82) is 0 Å². The van der Waals surface area contributed by atoms with Gasteiger partial charge >= 0.3 is 0 Å². The zero-order chi connectivity index (χ0) is 26.9. The molecule has 0 spiro atoms. The summed E-state index contributed by atoms with van der Waals surface area (Å²) in [7, 11) is -1.81. The van der Waals surface area contributed by atoms with Crippen molar-refractivity contribution in [2.75, 3.05) is 59.4 Å². The Kier molecular flexibility index (Phi) is 8.25. The third kappa shape index (κ3) is 6.15. The minimum atomic E-state index is -3.94. The van der Waals surface area contributed by atoms with E-state index in [4.69, 9.17) is 11.6 Å². The van der Waals surface area contributed by atoms with E-state index in [9.17, 15) is 18.0 Å². The van der Waals surface area contributed by atoms with Crippen LogP contribution in [-0.4, -0.2) is 111 Å². The second kappa shape index (κ2) is 11.5. The predicted molar refractivity (Wildman–Crippen MR) is 148 cm³/mol. The van der Waals surface area contributed by atoms with Gasteiger partial charge in [-0.1, -0.05) is 23.7 Å². The van der Waals surface area contributed by atoms with Crippen LogP contribution in [0.15, 0.2) is 41.3 Å². The molecule has 2 aromatic rings. The topological polar surface area (TPSA) is 93.3 Å². The van der Waals surface area contributed by atoms with E-state index in [1.165, 1.54) is 11.0 Å². The number of rotatable bonds is 7. The van der Waals surface area contributed by atoms with E-state index >= 15 is 0 Å². The number of carbonyl (C=O) groups excluding carboxylic acids is 2. The number of carbonyl (C=O) groups is 2. The van der Waals surface area contributed by atoms with Crippen molar-refractivity contribution in [3.63, 3.8) is 0 Å². The zero-order valence-electron chi connectivity index (χ0n) is 21.8. The first-order chi connectivity index (χ1) is 18.2. The van der Waals surface area contributed by atoms with Crippen molar-refractivity contribution in [3.8, 4) is 0 Å². The summed E-state index contributed by atoms with van der Waals surface area (Å²) >= 11 is 6.08. The lowest BCUT2D eigenvalue weighted by atomic mass is 10.1. The number of nitrogens with zero attached hydrogens (tertiary/aromatic N) is 4. The molecule has 0 saturated carbocycles. The number of benzene rings is 2. The number of hydrogen-bond acceptors (Lipinski definition) is 6. The number of piperidine rings is 1. The van der Waals surface area contributed by atoms with Gasteiger partial charge in [0.25, 0.3) is 0 Å². The molecule has 3 fully saturated rings. The Morgan fingerprint density at radius 3 is 2.50 bits per heavy atom. The van der Waals surface area contributed by atoms with E-state index in [0.717, 1.165) is 51.0 Å². The standard InChI is InChI=1S/C27H36ClN5O4S/c1-30-12-14-31(15-13-30)18-23-4-2-11-33(23)26(34)19-32-10-3-5-25(27(32)35)29-38(36,37)24-9-7-20-6-8-22(28)16-21(20)17-24/h6-9,16-17,23,25,29H,2-5,10-15,18-19H2,1H3/t23-,25-/m0/s1. The molecule has 0 bridgehead atoms. The maximum Gasteiger partial charge on any atom is 0.242 e. The number of piperazine rings is 1. The van der Waals surface area contributed by atoms with Crippen molar-refractivity contribution < 1.29 is 18.0 Å². The third-order valence-electron chi connectivity index (χ3n) is 8.00. The largest absolute Gasteiger partial charge is 0.337 e. The Hall–Kier alpha value is -2.24. The van der Waals surface area contributed by atoms with Crippen LogP contribution >= 0.6 is 11.6 Å². The fourth-order valence-corrected chi connectivity index (χ4v) is 7.20. The molecule has 3 aliphatic rings. The van der Waals surface area contributed by atoms with Gasteiger partial charge in [0.05, 0.1) is 11.4 Å². The van der Waals surface area contributed by atoms with Gasteiger partial charge in [-0.2, -0.15) is 4.72 Å². The summed E-state index contributed by atoms with van der Waals surface area (Å²) in [6.45, 7) is 6.10. The van der Waals surface area contributed by atoms with Gasteiger partial charge in [-0.3, -0.25) is 14.5 Å². The summed E-state index contributed by atoms with van der Waals surface area (Å²) in [6, 6.07) is 9.39. The Balaban J connectivity index is 1.21. The Morgan fingerprint density at radius 1 is 0.974 bits per heavy atom. The predicted octanol–water partition coefficient (Wildman–Crippen LogP) is 2.00. The van der Waals surface area contributed by atoms with Gasteiger partial charge < -0.3 is 14.7 Å². The molecule has 0 aromatic heterocycles. The molecule has 38 heavy (non-hydrogen) atoms. The lowest BCUT2D eigenvalue weighted by Gasteiger charge is -2.37. The average Bonchev–Trinajstić information content (AvgIpc) is 3.35. The SMILES string of the molecule is CN1CCN(C[C@@H]2CCCN2C(=O)CN2CCC[C@H](NS(=O)(=O)c3ccc4ccc(Cl)cc4c3)C2=O)CC1. The molecular weight excluding hydrogens is 526 g/mol. The fraction of sp³-hybridized carbons (Fsp3) is 0.556. The summed E-state index contributed by atoms with van der Waals surface area (Å²) in [5.41, 5.74) is 0. The first kappa shape index (κ1) is 27.3. The molecule has 2 amide bonds. The van der Waals surface area contributed by atoms with Crippen molar-refractivity contribution >= 4 is 44.2 Å². The van der Waals surface area contributed by atoms with Crippen LogP contribution in [0.3, 0.4) is 0 Å². The molecule has 11 heteroatoms.